The van der Waals surface area contributed by atoms with Gasteiger partial charge in [-0.3, -0.25) is 37.1 Å². The smallest absolute Gasteiger partial charge is 0.475 e. The third kappa shape index (κ3) is 21.7. The number of phosphoric ester groups is 1. The van der Waals surface area contributed by atoms with Crippen LogP contribution in [0.4, 0.5) is 16.4 Å². The molecule has 0 spiro atoms. The van der Waals surface area contributed by atoms with E-state index in [-0.39, 0.29) is 124 Å². The Balaban J connectivity index is 0.795. The standard InChI is InChI=1S/C86H103N15O16P2/c1-56(2)27-40-75(102)89-47-60-28-30-61(31-29-60)84(104)97-81-78-82(92-51-91-81)99(53-94-78)55-110-73(49-111-86(62-20-12-11-13-21-62,63-32-36-65(107-9)37-33-63)64-34-38-66(108-10)39-35-64)59(7)117-119(106,113-45-42-88)114-50-74-72(116-118(112-44-19-41-87)101(57(3)4)58(5)6)46-77(115-74)100-54-95-79-80(90-52-93-83(79)100)96-76(103)26-18-43-98(8)85(105)109-48-71-69-24-16-14-22-67(69)68-23-15-17-25-70(68)71/h11-17,20-25,28-39,51-54,56-59,71-74,77H,18-19,26-27,40,42-50,55,88H2,1-10H3,(H,89,102)(H,90,93,96,103)(H,91,92,97,104)/t59?,72?,73-,74-,77?,118?,119?/m1/s1. The molecule has 31 nitrogen and oxygen atoms in total. The molecule has 10 aromatic rings. The van der Waals surface area contributed by atoms with E-state index in [1.165, 1.54) is 30.2 Å². The molecule has 628 valence electrons. The predicted molar refractivity (Wildman–Crippen MR) is 447 cm³/mol. The monoisotopic (exact) mass is 1660 g/mol. The Bertz CT molecular complexity index is 5030. The minimum absolute atomic E-state index is 0.0292. The fraction of sp³-hybridized carbons (Fsp3) is 0.407. The average Bonchev–Trinajstić information content (AvgIpc) is 1.70. The van der Waals surface area contributed by atoms with E-state index in [4.69, 9.17) is 61.8 Å². The number of methoxy groups -OCH3 is 2. The van der Waals surface area contributed by atoms with Crippen molar-refractivity contribution in [3.05, 3.63) is 216 Å². The first kappa shape index (κ1) is 87.8. The van der Waals surface area contributed by atoms with Crippen LogP contribution in [0.3, 0.4) is 0 Å². The largest absolute Gasteiger partial charge is 0.497 e. The lowest BCUT2D eigenvalue weighted by Crippen LogP contribution is -2.40. The van der Waals surface area contributed by atoms with Crippen molar-refractivity contribution < 1.29 is 74.8 Å². The highest BCUT2D eigenvalue weighted by molar-refractivity contribution is 7.48. The maximum atomic E-state index is 15.9. The number of ether oxygens (including phenoxy) is 6. The third-order valence-electron chi connectivity index (χ3n) is 20.5. The molecule has 1 aliphatic carbocycles. The van der Waals surface area contributed by atoms with Crippen LogP contribution in [-0.2, 0) is 74.6 Å². The highest BCUT2D eigenvalue weighted by Gasteiger charge is 2.46. The van der Waals surface area contributed by atoms with Crippen LogP contribution in [0.5, 0.6) is 11.5 Å². The number of anilines is 2. The summed E-state index contributed by atoms with van der Waals surface area (Å²) in [5.74, 6) is 0.861. The molecular weight excluding hydrogens is 1560 g/mol. The van der Waals surface area contributed by atoms with Gasteiger partial charge in [-0.25, -0.2) is 43.9 Å². The van der Waals surface area contributed by atoms with E-state index in [0.717, 1.165) is 39.8 Å². The van der Waals surface area contributed by atoms with E-state index in [9.17, 15) is 24.4 Å². The van der Waals surface area contributed by atoms with Crippen LogP contribution in [-0.4, -0.2) is 176 Å². The highest BCUT2D eigenvalue weighted by Crippen LogP contribution is 2.55. The minimum Gasteiger partial charge on any atom is -0.497 e. The minimum atomic E-state index is -4.81. The summed E-state index contributed by atoms with van der Waals surface area (Å²) in [6, 6.07) is 49.7. The van der Waals surface area contributed by atoms with Gasteiger partial charge in [0.05, 0.1) is 78.0 Å². The molecule has 5 heterocycles. The van der Waals surface area contributed by atoms with Crippen molar-refractivity contribution in [1.82, 2.24) is 53.9 Å². The second-order valence-electron chi connectivity index (χ2n) is 29.8. The van der Waals surface area contributed by atoms with Crippen LogP contribution < -0.4 is 31.2 Å². The van der Waals surface area contributed by atoms with Crippen molar-refractivity contribution >= 4 is 74.1 Å². The summed E-state index contributed by atoms with van der Waals surface area (Å²) >= 11 is 0. The number of imidazole rings is 2. The van der Waals surface area contributed by atoms with Crippen LogP contribution >= 0.6 is 16.3 Å². The summed E-state index contributed by atoms with van der Waals surface area (Å²) in [7, 11) is -1.93. The molecule has 0 bridgehead atoms. The van der Waals surface area contributed by atoms with Crippen LogP contribution in [0.15, 0.2) is 177 Å². The van der Waals surface area contributed by atoms with Gasteiger partial charge in [0.2, 0.25) is 11.8 Å². The fourth-order valence-electron chi connectivity index (χ4n) is 14.4. The van der Waals surface area contributed by atoms with Crippen molar-refractivity contribution in [3.8, 4) is 28.7 Å². The number of nitriles is 1. The van der Waals surface area contributed by atoms with Gasteiger partial charge in [0, 0.05) is 69.5 Å². The van der Waals surface area contributed by atoms with E-state index in [1.807, 2.05) is 131 Å². The number of rotatable bonds is 43. The number of hydrogen-bond donors (Lipinski definition) is 4. The number of aromatic nitrogens is 8. The highest BCUT2D eigenvalue weighted by atomic mass is 31.2. The molecule has 1 aliphatic heterocycles. The number of hydrogen-bond acceptors (Lipinski definition) is 25. The van der Waals surface area contributed by atoms with Crippen molar-refractivity contribution in [2.75, 3.05) is 78.0 Å². The SMILES string of the molecule is COc1ccc(C(OC[C@@H](OCn2cnc3c(NC(=O)c4ccc(CNC(=O)CCC(C)C)cc4)ncnc32)C(C)OP(=O)(OCCN)OC[C@H]2OC(n3cnc4c(NC(=O)CCCN(C)C(=O)OCC5c6ccccc6-c6ccccc65)ncnc43)CC2OP(OCCC#N)N(C(C)C)C(C)C)(c2ccccc2)c2ccc(OC)cc2)cc1. The lowest BCUT2D eigenvalue weighted by molar-refractivity contribution is -0.121. The van der Waals surface area contributed by atoms with E-state index in [0.29, 0.717) is 59.1 Å². The molecule has 6 aromatic carbocycles. The van der Waals surface area contributed by atoms with Gasteiger partial charge in [-0.1, -0.05) is 129 Å². The number of nitrogens with zero attached hydrogens (tertiary/aromatic N) is 11. The summed E-state index contributed by atoms with van der Waals surface area (Å²) in [6.45, 7) is 13.2. The molecule has 0 radical (unpaired) electrons. The number of nitrogens with two attached hydrogens (primary N) is 1. The third-order valence-corrected chi connectivity index (χ3v) is 24.2. The quantitative estimate of drug-likeness (QED) is 0.0157. The number of phosphoric acid groups is 1. The van der Waals surface area contributed by atoms with Gasteiger partial charge in [-0.05, 0) is 134 Å². The second-order valence-corrected chi connectivity index (χ2v) is 32.8. The molecule has 12 rings (SSSR count). The first-order valence-electron chi connectivity index (χ1n) is 39.8. The fourth-order valence-corrected chi connectivity index (χ4v) is 17.5. The molecule has 0 saturated carbocycles. The summed E-state index contributed by atoms with van der Waals surface area (Å²) in [4.78, 5) is 82.3. The first-order valence-corrected chi connectivity index (χ1v) is 42.3. The van der Waals surface area contributed by atoms with Gasteiger partial charge in [-0.15, -0.1) is 0 Å². The molecule has 119 heavy (non-hydrogen) atoms. The summed E-state index contributed by atoms with van der Waals surface area (Å²) < 4.78 is 92.4. The van der Waals surface area contributed by atoms with Crippen molar-refractivity contribution in [3.63, 3.8) is 0 Å². The topological polar surface area (TPSA) is 366 Å². The van der Waals surface area contributed by atoms with E-state index < -0.39 is 71.2 Å². The van der Waals surface area contributed by atoms with Gasteiger partial charge >= 0.3 is 13.9 Å². The van der Waals surface area contributed by atoms with Crippen LogP contribution in [0.25, 0.3) is 33.5 Å². The molecule has 2 aliphatic rings. The molecule has 1 fully saturated rings. The summed E-state index contributed by atoms with van der Waals surface area (Å²) in [6.07, 6.45) is 1.58. The maximum Gasteiger partial charge on any atom is 0.475 e. The average molecular weight is 1660 g/mol. The Hall–Kier alpha value is -10.6. The Morgan fingerprint density at radius 3 is 1.95 bits per heavy atom. The zero-order valence-corrected chi connectivity index (χ0v) is 70.3. The van der Waals surface area contributed by atoms with Crippen molar-refractivity contribution in [1.29, 1.82) is 5.26 Å². The summed E-state index contributed by atoms with van der Waals surface area (Å²) in [5.41, 5.74) is 13.5. The Morgan fingerprint density at radius 2 is 1.32 bits per heavy atom. The molecule has 33 heteroatoms. The van der Waals surface area contributed by atoms with Crippen molar-refractivity contribution in [2.24, 2.45) is 11.7 Å². The number of fused-ring (bicyclic) bond motifs is 5. The van der Waals surface area contributed by atoms with Gasteiger partial charge in [-0.2, -0.15) is 5.26 Å². The van der Waals surface area contributed by atoms with Crippen LogP contribution in [0, 0.1) is 17.2 Å². The Labute approximate surface area is 693 Å². The number of benzene rings is 6. The molecule has 5 N–H and O–H groups in total. The van der Waals surface area contributed by atoms with E-state index in [1.54, 1.807) is 61.6 Å². The molecule has 4 aromatic heterocycles. The van der Waals surface area contributed by atoms with E-state index >= 15 is 4.57 Å². The zero-order chi connectivity index (χ0) is 84.2. The normalized spacial score (nSPS) is 16.0. The molecule has 4 amide bonds. The van der Waals surface area contributed by atoms with Crippen LogP contribution in [0.2, 0.25) is 0 Å². The number of nitrogens with one attached hydrogen (secondary N) is 3. The maximum absolute atomic E-state index is 15.9. The zero-order valence-electron chi connectivity index (χ0n) is 68.5. The lowest BCUT2D eigenvalue weighted by atomic mass is 9.80. The van der Waals surface area contributed by atoms with Gasteiger partial charge in [0.15, 0.2) is 34.0 Å². The lowest BCUT2D eigenvalue weighted by Gasteiger charge is -2.38. The number of carbonyl (C=O) groups excluding carboxylic acids is 4. The molecular formula is C86H103N15O16P2. The van der Waals surface area contributed by atoms with E-state index in [2.05, 4.69) is 89.7 Å². The Morgan fingerprint density at radius 1 is 0.706 bits per heavy atom. The number of carbonyl (C=O) groups is 4. The van der Waals surface area contributed by atoms with Crippen molar-refractivity contribution in [2.45, 2.75) is 155 Å². The van der Waals surface area contributed by atoms with Crippen LogP contribution in [0.1, 0.15) is 143 Å². The van der Waals surface area contributed by atoms with Gasteiger partial charge in [0.1, 0.15) is 61.5 Å². The number of amides is 4. The molecule has 1 saturated heterocycles. The molecule has 7 atom stereocenters. The van der Waals surface area contributed by atoms with Gasteiger partial charge < -0.3 is 64.1 Å². The Kier molecular flexibility index (Phi) is 30.5. The second kappa shape index (κ2) is 41.4. The predicted octanol–water partition coefficient (Wildman–Crippen LogP) is 14.4. The van der Waals surface area contributed by atoms with Gasteiger partial charge in [0.25, 0.3) is 14.4 Å². The summed E-state index contributed by atoms with van der Waals surface area (Å²) in [5, 5.41) is 18.4. The first-order chi connectivity index (χ1) is 57.6. The molecule has 5 unspecified atom stereocenters.